The molecule has 188 valence electrons. The minimum absolute atomic E-state index is 0.250. The quantitative estimate of drug-likeness (QED) is 0.571. The van der Waals surface area contributed by atoms with Crippen molar-refractivity contribution in [2.45, 2.75) is 77.5 Å². The Hall–Kier alpha value is -3.29. The van der Waals surface area contributed by atoms with E-state index < -0.39 is 23.7 Å². The highest BCUT2D eigenvalue weighted by Gasteiger charge is 2.40. The topological polar surface area (TPSA) is 101 Å². The van der Waals surface area contributed by atoms with E-state index in [-0.39, 0.29) is 24.5 Å². The molecule has 1 aliphatic heterocycles. The smallest absolute Gasteiger partial charge is 0.408 e. The van der Waals surface area contributed by atoms with E-state index in [2.05, 4.69) is 10.3 Å². The van der Waals surface area contributed by atoms with Gasteiger partial charge in [0.1, 0.15) is 17.3 Å². The molecule has 1 fully saturated rings. The van der Waals surface area contributed by atoms with Gasteiger partial charge in [0.05, 0.1) is 12.6 Å². The zero-order valence-electron chi connectivity index (χ0n) is 20.9. The number of nitrogens with one attached hydrogen (secondary N) is 2. The molecule has 0 saturated heterocycles. The van der Waals surface area contributed by atoms with Crippen molar-refractivity contribution in [1.82, 2.24) is 10.3 Å². The highest BCUT2D eigenvalue weighted by Crippen LogP contribution is 2.37. The van der Waals surface area contributed by atoms with Crippen LogP contribution in [0.15, 0.2) is 36.4 Å². The number of anilines is 1. The number of carbonyl (C=O) groups is 3. The van der Waals surface area contributed by atoms with Crippen molar-refractivity contribution in [3.8, 4) is 0 Å². The lowest BCUT2D eigenvalue weighted by atomic mass is 9.95. The molecule has 8 heteroatoms. The molecule has 0 radical (unpaired) electrons. The number of rotatable bonds is 6. The van der Waals surface area contributed by atoms with Crippen LogP contribution in [0.4, 0.5) is 10.5 Å². The van der Waals surface area contributed by atoms with Crippen molar-refractivity contribution in [3.05, 3.63) is 53.3 Å². The molecule has 1 aromatic heterocycles. The highest BCUT2D eigenvalue weighted by atomic mass is 16.6. The fourth-order valence-corrected chi connectivity index (χ4v) is 5.09. The van der Waals surface area contributed by atoms with E-state index in [1.165, 1.54) is 4.90 Å². The number of hydrogen-bond donors (Lipinski definition) is 2. The first-order valence-electron chi connectivity index (χ1n) is 12.4. The second-order valence-corrected chi connectivity index (χ2v) is 10.3. The fourth-order valence-electron chi connectivity index (χ4n) is 5.09. The Kier molecular flexibility index (Phi) is 7.19. The number of hydrogen-bond acceptors (Lipinski definition) is 5. The number of fused-ring (bicyclic) bond motifs is 1. The monoisotopic (exact) mass is 481 g/mol. The summed E-state index contributed by atoms with van der Waals surface area (Å²) in [4.78, 5) is 43.7. The van der Waals surface area contributed by atoms with Crippen LogP contribution in [0.3, 0.4) is 0 Å². The van der Waals surface area contributed by atoms with Gasteiger partial charge in [0.2, 0.25) is 0 Å². The van der Waals surface area contributed by atoms with E-state index in [9.17, 15) is 14.4 Å². The molecule has 1 saturated carbocycles. The van der Waals surface area contributed by atoms with Crippen molar-refractivity contribution in [2.75, 3.05) is 11.5 Å². The molecule has 1 aliphatic carbocycles. The van der Waals surface area contributed by atoms with Gasteiger partial charge >= 0.3 is 12.1 Å². The van der Waals surface area contributed by atoms with Crippen LogP contribution in [0, 0.1) is 5.92 Å². The van der Waals surface area contributed by atoms with Crippen LogP contribution < -0.4 is 10.2 Å². The van der Waals surface area contributed by atoms with Crippen molar-refractivity contribution < 1.29 is 23.9 Å². The van der Waals surface area contributed by atoms with E-state index in [1.807, 2.05) is 51.1 Å². The molecule has 35 heavy (non-hydrogen) atoms. The number of aromatic nitrogens is 1. The van der Waals surface area contributed by atoms with Gasteiger partial charge in [-0.2, -0.15) is 0 Å². The lowest BCUT2D eigenvalue weighted by Crippen LogP contribution is -2.44. The molecule has 2 amide bonds. The van der Waals surface area contributed by atoms with Crippen LogP contribution in [0.1, 0.15) is 81.2 Å². The van der Waals surface area contributed by atoms with Crippen LogP contribution in [0.5, 0.6) is 0 Å². The summed E-state index contributed by atoms with van der Waals surface area (Å²) in [6.45, 7) is 7.49. The van der Waals surface area contributed by atoms with Crippen LogP contribution in [-0.2, 0) is 20.7 Å². The van der Waals surface area contributed by atoms with Crippen molar-refractivity contribution in [3.63, 3.8) is 0 Å². The Morgan fingerprint density at radius 2 is 1.83 bits per heavy atom. The van der Waals surface area contributed by atoms with Gasteiger partial charge in [-0.05, 0) is 70.2 Å². The van der Waals surface area contributed by atoms with Crippen LogP contribution in [0.2, 0.25) is 0 Å². The molecule has 0 unspecified atom stereocenters. The summed E-state index contributed by atoms with van der Waals surface area (Å²) in [6, 6.07) is 10.1. The number of nitrogens with zero attached hydrogens (tertiary/aromatic N) is 1. The highest BCUT2D eigenvalue weighted by molar-refractivity contribution is 6.10. The predicted octanol–water partition coefficient (Wildman–Crippen LogP) is 4.91. The maximum absolute atomic E-state index is 13.7. The van der Waals surface area contributed by atoms with E-state index in [0.29, 0.717) is 17.8 Å². The average molecular weight is 482 g/mol. The van der Waals surface area contributed by atoms with Crippen LogP contribution >= 0.6 is 0 Å². The number of para-hydroxylation sites is 1. The normalized spacial score (nSPS) is 18.7. The summed E-state index contributed by atoms with van der Waals surface area (Å²) >= 11 is 0. The van der Waals surface area contributed by atoms with Gasteiger partial charge in [-0.15, -0.1) is 0 Å². The van der Waals surface area contributed by atoms with Gasteiger partial charge in [-0.25, -0.2) is 9.59 Å². The van der Waals surface area contributed by atoms with Gasteiger partial charge < -0.3 is 19.8 Å². The first-order valence-corrected chi connectivity index (χ1v) is 12.4. The van der Waals surface area contributed by atoms with Crippen molar-refractivity contribution >= 4 is 23.7 Å². The number of ether oxygens (including phenoxy) is 2. The zero-order chi connectivity index (χ0) is 25.2. The van der Waals surface area contributed by atoms with Crippen molar-refractivity contribution in [1.29, 1.82) is 0 Å². The first kappa shape index (κ1) is 24.8. The second kappa shape index (κ2) is 10.1. The van der Waals surface area contributed by atoms with Crippen LogP contribution in [-0.4, -0.2) is 41.2 Å². The third kappa shape index (κ3) is 5.52. The molecular weight excluding hydrogens is 446 g/mol. The number of alkyl carbamates (subject to hydrolysis) is 1. The number of H-pyrrole nitrogens is 1. The Morgan fingerprint density at radius 3 is 2.51 bits per heavy atom. The summed E-state index contributed by atoms with van der Waals surface area (Å²) in [5.41, 5.74) is 2.16. The third-order valence-corrected chi connectivity index (χ3v) is 6.57. The largest absolute Gasteiger partial charge is 0.464 e. The summed E-state index contributed by atoms with van der Waals surface area (Å²) in [5, 5.41) is 3.02. The Bertz CT molecular complexity index is 1080. The molecule has 2 heterocycles. The number of amides is 2. The molecule has 0 spiro atoms. The maximum Gasteiger partial charge on any atom is 0.408 e. The van der Waals surface area contributed by atoms with E-state index >= 15 is 0 Å². The summed E-state index contributed by atoms with van der Waals surface area (Å²) < 4.78 is 10.8. The first-order chi connectivity index (χ1) is 16.7. The minimum Gasteiger partial charge on any atom is -0.464 e. The molecular formula is C27H35N3O5. The van der Waals surface area contributed by atoms with Gasteiger partial charge in [-0.3, -0.25) is 9.69 Å². The number of benzene rings is 1. The maximum atomic E-state index is 13.7. The van der Waals surface area contributed by atoms with Gasteiger partial charge in [0, 0.05) is 17.8 Å². The molecule has 2 aromatic rings. The number of esters is 1. The summed E-state index contributed by atoms with van der Waals surface area (Å²) in [7, 11) is 0. The lowest BCUT2D eigenvalue weighted by Gasteiger charge is -2.27. The molecule has 4 rings (SSSR count). The van der Waals surface area contributed by atoms with Gasteiger partial charge in [0.25, 0.3) is 5.91 Å². The standard InChI is InChI=1S/C27H35N3O5/c1-5-34-25(32)22-16-18-12-8-9-13-21(18)30(22)24(31)20-15-14-19(28-20)23(17-10-6-7-11-17)29-26(33)35-27(2,3)4/h8-9,12-15,17,22-23,28H,5-7,10-11,16H2,1-4H3,(H,29,33)/t22-,23-/m0/s1. The van der Waals surface area contributed by atoms with Gasteiger partial charge in [0.15, 0.2) is 0 Å². The van der Waals surface area contributed by atoms with E-state index in [0.717, 1.165) is 36.9 Å². The molecule has 1 aromatic carbocycles. The molecule has 2 atom stereocenters. The SMILES string of the molecule is CCOC(=O)[C@@H]1Cc2ccccc2N1C(=O)c1ccc([C@@H](NC(=O)OC(C)(C)C)C2CCCC2)[nH]1. The molecule has 0 bridgehead atoms. The Morgan fingerprint density at radius 1 is 1.11 bits per heavy atom. The second-order valence-electron chi connectivity index (χ2n) is 10.3. The number of aromatic amines is 1. The van der Waals surface area contributed by atoms with Crippen LogP contribution in [0.25, 0.3) is 0 Å². The van der Waals surface area contributed by atoms with E-state index in [4.69, 9.17) is 9.47 Å². The molecule has 8 nitrogen and oxygen atoms in total. The Balaban J connectivity index is 1.60. The zero-order valence-corrected chi connectivity index (χ0v) is 20.9. The number of carbonyl (C=O) groups excluding carboxylic acids is 3. The lowest BCUT2D eigenvalue weighted by molar-refractivity contribution is -0.144. The van der Waals surface area contributed by atoms with Crippen molar-refractivity contribution in [2.24, 2.45) is 5.92 Å². The third-order valence-electron chi connectivity index (χ3n) is 6.57. The average Bonchev–Trinajstić information content (AvgIpc) is 3.56. The van der Waals surface area contributed by atoms with Gasteiger partial charge in [-0.1, -0.05) is 31.0 Å². The van der Waals surface area contributed by atoms with E-state index in [1.54, 1.807) is 13.0 Å². The predicted molar refractivity (Wildman–Crippen MR) is 132 cm³/mol. The summed E-state index contributed by atoms with van der Waals surface area (Å²) in [5.74, 6) is -0.468. The summed E-state index contributed by atoms with van der Waals surface area (Å²) in [6.07, 6.45) is 4.14. The minimum atomic E-state index is -0.711. The molecule has 2 aliphatic rings. The fraction of sp³-hybridized carbons (Fsp3) is 0.519. The molecule has 2 N–H and O–H groups in total. The Labute approximate surface area is 206 Å².